The fourth-order valence-corrected chi connectivity index (χ4v) is 2.91. The lowest BCUT2D eigenvalue weighted by molar-refractivity contribution is 0.102. The summed E-state index contributed by atoms with van der Waals surface area (Å²) in [6, 6.07) is 8.57. The Kier molecular flexibility index (Phi) is 4.90. The first kappa shape index (κ1) is 17.9. The number of carbonyl (C=O) groups excluding carboxylic acids is 1. The number of carbonyl (C=O) groups is 1. The van der Waals surface area contributed by atoms with Gasteiger partial charge in [-0.2, -0.15) is 5.10 Å². The zero-order valence-electron chi connectivity index (χ0n) is 14.6. The highest BCUT2D eigenvalue weighted by atomic mass is 35.5. The van der Waals surface area contributed by atoms with Gasteiger partial charge in [0.25, 0.3) is 11.5 Å². The minimum Gasteiger partial charge on any atom is -0.322 e. The number of aryl methyl sites for hydroxylation is 3. The molecule has 0 atom stereocenters. The van der Waals surface area contributed by atoms with Gasteiger partial charge >= 0.3 is 0 Å². The van der Waals surface area contributed by atoms with Gasteiger partial charge < -0.3 is 10.3 Å². The molecule has 0 radical (unpaired) electrons. The van der Waals surface area contributed by atoms with Crippen molar-refractivity contribution < 1.29 is 4.79 Å². The van der Waals surface area contributed by atoms with Gasteiger partial charge in [-0.1, -0.05) is 30.7 Å². The molecule has 7 nitrogen and oxygen atoms in total. The molecule has 0 saturated heterocycles. The summed E-state index contributed by atoms with van der Waals surface area (Å²) >= 11 is 6.14. The average Bonchev–Trinajstić information content (AvgIpc) is 2.86. The van der Waals surface area contributed by atoms with Crippen molar-refractivity contribution in [3.05, 3.63) is 62.8 Å². The van der Waals surface area contributed by atoms with Gasteiger partial charge in [0.2, 0.25) is 0 Å². The van der Waals surface area contributed by atoms with Gasteiger partial charge in [0, 0.05) is 30.1 Å². The second-order valence-electron chi connectivity index (χ2n) is 5.85. The van der Waals surface area contributed by atoms with Crippen molar-refractivity contribution in [1.82, 2.24) is 19.7 Å². The number of nitrogens with zero attached hydrogens (tertiary/aromatic N) is 3. The third kappa shape index (κ3) is 3.52. The van der Waals surface area contributed by atoms with Crippen LogP contribution in [0.15, 0.2) is 35.1 Å². The SMILES string of the molecule is CCc1cc(=O)[nH]c(-c2cccc(NC(=O)c3c(C)nn(C)c3Cl)c2)n1. The van der Waals surface area contributed by atoms with Gasteiger partial charge in [-0.25, -0.2) is 4.98 Å². The number of amides is 1. The summed E-state index contributed by atoms with van der Waals surface area (Å²) in [5.74, 6) is 0.113. The molecule has 2 heterocycles. The predicted octanol–water partition coefficient (Wildman–Crippen LogP) is 2.95. The van der Waals surface area contributed by atoms with Gasteiger partial charge in [-0.15, -0.1) is 0 Å². The number of anilines is 1. The van der Waals surface area contributed by atoms with E-state index in [1.807, 2.05) is 13.0 Å². The van der Waals surface area contributed by atoms with Crippen molar-refractivity contribution in [3.8, 4) is 11.4 Å². The number of rotatable bonds is 4. The van der Waals surface area contributed by atoms with Crippen molar-refractivity contribution >= 4 is 23.2 Å². The molecule has 0 unspecified atom stereocenters. The molecule has 2 aromatic heterocycles. The third-order valence-corrected chi connectivity index (χ3v) is 4.36. The van der Waals surface area contributed by atoms with Crippen LogP contribution >= 0.6 is 11.6 Å². The summed E-state index contributed by atoms with van der Waals surface area (Å²) in [6.45, 7) is 3.66. The summed E-state index contributed by atoms with van der Waals surface area (Å²) in [5, 5.41) is 7.23. The van der Waals surface area contributed by atoms with Crippen LogP contribution in [0.3, 0.4) is 0 Å². The maximum atomic E-state index is 12.5. The number of nitrogens with one attached hydrogen (secondary N) is 2. The summed E-state index contributed by atoms with van der Waals surface area (Å²) in [7, 11) is 1.68. The Labute approximate surface area is 155 Å². The lowest BCUT2D eigenvalue weighted by Gasteiger charge is -2.08. The molecule has 2 N–H and O–H groups in total. The Hall–Kier alpha value is -2.93. The van der Waals surface area contributed by atoms with Crippen LogP contribution in [0.2, 0.25) is 5.15 Å². The fourth-order valence-electron chi connectivity index (χ4n) is 2.65. The Bertz CT molecular complexity index is 1040. The van der Waals surface area contributed by atoms with Gasteiger partial charge in [0.15, 0.2) is 0 Å². The molecule has 0 aliphatic rings. The molecule has 0 saturated carbocycles. The summed E-state index contributed by atoms with van der Waals surface area (Å²) in [6.07, 6.45) is 0.659. The van der Waals surface area contributed by atoms with Crippen molar-refractivity contribution in [2.75, 3.05) is 5.32 Å². The maximum Gasteiger partial charge on any atom is 0.260 e. The number of benzene rings is 1. The second-order valence-corrected chi connectivity index (χ2v) is 6.21. The third-order valence-electron chi connectivity index (χ3n) is 3.93. The van der Waals surface area contributed by atoms with E-state index in [9.17, 15) is 9.59 Å². The molecule has 1 aromatic carbocycles. The van der Waals surface area contributed by atoms with Crippen LogP contribution in [0.5, 0.6) is 0 Å². The summed E-state index contributed by atoms with van der Waals surface area (Å²) < 4.78 is 1.45. The molecule has 0 bridgehead atoms. The topological polar surface area (TPSA) is 92.7 Å². The van der Waals surface area contributed by atoms with E-state index in [0.29, 0.717) is 40.4 Å². The lowest BCUT2D eigenvalue weighted by Crippen LogP contribution is -2.13. The van der Waals surface area contributed by atoms with Crippen LogP contribution in [0.1, 0.15) is 28.7 Å². The van der Waals surface area contributed by atoms with E-state index in [0.717, 1.165) is 0 Å². The molecule has 0 aliphatic carbocycles. The minimum absolute atomic E-state index is 0.209. The van der Waals surface area contributed by atoms with Crippen LogP contribution in [-0.2, 0) is 13.5 Å². The lowest BCUT2D eigenvalue weighted by atomic mass is 10.1. The first-order valence-corrected chi connectivity index (χ1v) is 8.48. The highest BCUT2D eigenvalue weighted by molar-refractivity contribution is 6.33. The van der Waals surface area contributed by atoms with Crippen molar-refractivity contribution in [3.63, 3.8) is 0 Å². The first-order valence-electron chi connectivity index (χ1n) is 8.10. The Morgan fingerprint density at radius 3 is 2.77 bits per heavy atom. The summed E-state index contributed by atoms with van der Waals surface area (Å²) in [4.78, 5) is 31.5. The van der Waals surface area contributed by atoms with E-state index in [2.05, 4.69) is 20.4 Å². The molecule has 0 fully saturated rings. The number of hydrogen-bond donors (Lipinski definition) is 2. The highest BCUT2D eigenvalue weighted by Crippen LogP contribution is 2.22. The van der Waals surface area contributed by atoms with Gasteiger partial charge in [0.1, 0.15) is 11.0 Å². The minimum atomic E-state index is -0.346. The second kappa shape index (κ2) is 7.13. The van der Waals surface area contributed by atoms with Crippen molar-refractivity contribution in [1.29, 1.82) is 0 Å². The van der Waals surface area contributed by atoms with Crippen LogP contribution in [0.4, 0.5) is 5.69 Å². The zero-order chi connectivity index (χ0) is 18.8. The standard InChI is InChI=1S/C18H18ClN5O2/c1-4-12-9-14(25)22-17(20-12)11-6-5-7-13(8-11)21-18(26)15-10(2)23-24(3)16(15)19/h5-9H,4H2,1-3H3,(H,21,26)(H,20,22,25). The van der Waals surface area contributed by atoms with Crippen molar-refractivity contribution in [2.45, 2.75) is 20.3 Å². The quantitative estimate of drug-likeness (QED) is 0.737. The van der Waals surface area contributed by atoms with Gasteiger partial charge in [-0.05, 0) is 25.5 Å². The molecule has 134 valence electrons. The number of aromatic amines is 1. The van der Waals surface area contributed by atoms with E-state index in [1.165, 1.54) is 10.7 Å². The molecule has 0 spiro atoms. The normalized spacial score (nSPS) is 10.8. The predicted molar refractivity (Wildman–Crippen MR) is 101 cm³/mol. The molecule has 0 aliphatic heterocycles. The number of aromatic nitrogens is 4. The molecule has 1 amide bonds. The van der Waals surface area contributed by atoms with Crippen LogP contribution in [-0.4, -0.2) is 25.7 Å². The number of hydrogen-bond acceptors (Lipinski definition) is 4. The molecule has 26 heavy (non-hydrogen) atoms. The largest absolute Gasteiger partial charge is 0.322 e. The summed E-state index contributed by atoms with van der Waals surface area (Å²) in [5.41, 5.74) is 2.64. The zero-order valence-corrected chi connectivity index (χ0v) is 15.4. The first-order chi connectivity index (χ1) is 12.4. The monoisotopic (exact) mass is 371 g/mol. The van der Waals surface area contributed by atoms with E-state index in [1.54, 1.807) is 32.2 Å². The van der Waals surface area contributed by atoms with E-state index in [-0.39, 0.29) is 16.6 Å². The molecule has 8 heteroatoms. The van der Waals surface area contributed by atoms with E-state index >= 15 is 0 Å². The van der Waals surface area contributed by atoms with E-state index in [4.69, 9.17) is 11.6 Å². The highest BCUT2D eigenvalue weighted by Gasteiger charge is 2.19. The fraction of sp³-hybridized carbons (Fsp3) is 0.222. The van der Waals surface area contributed by atoms with Crippen LogP contribution < -0.4 is 10.9 Å². The molecule has 3 aromatic rings. The smallest absolute Gasteiger partial charge is 0.260 e. The average molecular weight is 372 g/mol. The van der Waals surface area contributed by atoms with Gasteiger partial charge in [-0.3, -0.25) is 14.3 Å². The molecular formula is C18H18ClN5O2. The van der Waals surface area contributed by atoms with E-state index < -0.39 is 0 Å². The molecular weight excluding hydrogens is 354 g/mol. The van der Waals surface area contributed by atoms with Crippen LogP contribution in [0.25, 0.3) is 11.4 Å². The van der Waals surface area contributed by atoms with Crippen molar-refractivity contribution in [2.24, 2.45) is 7.05 Å². The molecule has 3 rings (SSSR count). The Morgan fingerprint density at radius 2 is 2.12 bits per heavy atom. The number of halogens is 1. The Balaban J connectivity index is 1.92. The van der Waals surface area contributed by atoms with Gasteiger partial charge in [0.05, 0.1) is 11.3 Å². The Morgan fingerprint density at radius 1 is 1.35 bits per heavy atom. The number of H-pyrrole nitrogens is 1. The maximum absolute atomic E-state index is 12.5. The van der Waals surface area contributed by atoms with Crippen LogP contribution in [0, 0.1) is 6.92 Å².